The monoisotopic (exact) mass is 320 g/mol. The van der Waals surface area contributed by atoms with Crippen molar-refractivity contribution < 1.29 is 9.59 Å². The van der Waals surface area contributed by atoms with E-state index in [-0.39, 0.29) is 5.91 Å². The van der Waals surface area contributed by atoms with Crippen molar-refractivity contribution in [2.45, 2.75) is 25.3 Å². The summed E-state index contributed by atoms with van der Waals surface area (Å²) in [6.07, 6.45) is 6.81. The van der Waals surface area contributed by atoms with Gasteiger partial charge in [-0.15, -0.1) is 12.3 Å². The van der Waals surface area contributed by atoms with Gasteiger partial charge >= 0.3 is 0 Å². The van der Waals surface area contributed by atoms with E-state index in [2.05, 4.69) is 11.2 Å². The first-order chi connectivity index (χ1) is 11.6. The van der Waals surface area contributed by atoms with Crippen molar-refractivity contribution in [3.63, 3.8) is 0 Å². The Morgan fingerprint density at radius 1 is 1.04 bits per heavy atom. The third-order valence-corrected chi connectivity index (χ3v) is 3.72. The fourth-order valence-corrected chi connectivity index (χ4v) is 2.38. The number of amides is 2. The summed E-state index contributed by atoms with van der Waals surface area (Å²) in [6, 6.07) is 16.4. The summed E-state index contributed by atoms with van der Waals surface area (Å²) in [5.74, 6) is 1.63. The van der Waals surface area contributed by atoms with Crippen molar-refractivity contribution in [3.05, 3.63) is 60.2 Å². The summed E-state index contributed by atoms with van der Waals surface area (Å²) in [6.45, 7) is 0. The van der Waals surface area contributed by atoms with Crippen molar-refractivity contribution in [1.82, 2.24) is 5.32 Å². The average Bonchev–Trinajstić information content (AvgIpc) is 2.61. The Morgan fingerprint density at radius 2 is 1.67 bits per heavy atom. The van der Waals surface area contributed by atoms with E-state index in [1.165, 1.54) is 0 Å². The molecule has 3 N–H and O–H groups in total. The maximum absolute atomic E-state index is 12.3. The fourth-order valence-electron chi connectivity index (χ4n) is 2.38. The number of benzene rings is 2. The number of nitrogens with two attached hydrogens (primary N) is 1. The number of carbonyl (C=O) groups is 2. The van der Waals surface area contributed by atoms with Gasteiger partial charge in [-0.3, -0.25) is 9.59 Å². The Hall–Kier alpha value is -3.06. The van der Waals surface area contributed by atoms with E-state index < -0.39 is 11.9 Å². The molecule has 0 aliphatic heterocycles. The smallest absolute Gasteiger partial charge is 0.251 e. The minimum Gasteiger partial charge on any atom is -0.368 e. The van der Waals surface area contributed by atoms with E-state index in [0.717, 1.165) is 11.1 Å². The highest BCUT2D eigenvalue weighted by Gasteiger charge is 2.18. The standard InChI is InChI=1S/C20H20N2O2/c1-2-3-5-10-18(19(21)23)22-20(24)17-13-11-16(12-14-17)15-8-6-4-7-9-15/h1,4,6-9,11-14,18H,3,5,10H2,(H2,21,23)(H,22,24)/t18-/m0/s1. The number of hydrogen-bond acceptors (Lipinski definition) is 2. The highest BCUT2D eigenvalue weighted by atomic mass is 16.2. The summed E-state index contributed by atoms with van der Waals surface area (Å²) in [5, 5.41) is 2.67. The zero-order valence-electron chi connectivity index (χ0n) is 13.4. The predicted octanol–water partition coefficient (Wildman–Crippen LogP) is 2.74. The summed E-state index contributed by atoms with van der Waals surface area (Å²) < 4.78 is 0. The number of primary amides is 1. The molecular formula is C20H20N2O2. The molecule has 2 rings (SSSR count). The minimum atomic E-state index is -0.709. The van der Waals surface area contributed by atoms with E-state index in [4.69, 9.17) is 12.2 Å². The van der Waals surface area contributed by atoms with E-state index in [9.17, 15) is 9.59 Å². The first-order valence-electron chi connectivity index (χ1n) is 7.81. The molecule has 2 aromatic rings. The molecule has 4 heteroatoms. The summed E-state index contributed by atoms with van der Waals surface area (Å²) in [5.41, 5.74) is 7.92. The number of rotatable bonds is 7. The maximum Gasteiger partial charge on any atom is 0.251 e. The Bertz CT molecular complexity index is 730. The lowest BCUT2D eigenvalue weighted by molar-refractivity contribution is -0.120. The molecule has 2 aromatic carbocycles. The van der Waals surface area contributed by atoms with Crippen molar-refractivity contribution in [2.24, 2.45) is 5.73 Å². The average molecular weight is 320 g/mol. The fraction of sp³-hybridized carbons (Fsp3) is 0.200. The molecule has 0 unspecified atom stereocenters. The lowest BCUT2D eigenvalue weighted by atomic mass is 10.0. The second-order valence-corrected chi connectivity index (χ2v) is 5.47. The summed E-state index contributed by atoms with van der Waals surface area (Å²) in [4.78, 5) is 23.7. The van der Waals surface area contributed by atoms with Crippen molar-refractivity contribution in [2.75, 3.05) is 0 Å². The number of terminal acetylenes is 1. The van der Waals surface area contributed by atoms with Gasteiger partial charge in [-0.05, 0) is 36.1 Å². The second kappa shape index (κ2) is 8.54. The zero-order valence-corrected chi connectivity index (χ0v) is 13.4. The van der Waals surface area contributed by atoms with E-state index in [1.54, 1.807) is 12.1 Å². The van der Waals surface area contributed by atoms with Gasteiger partial charge in [-0.1, -0.05) is 42.5 Å². The van der Waals surface area contributed by atoms with E-state index in [1.807, 2.05) is 42.5 Å². The number of carbonyl (C=O) groups excluding carboxylic acids is 2. The van der Waals surface area contributed by atoms with Crippen LogP contribution in [0.3, 0.4) is 0 Å². The first kappa shape index (κ1) is 17.3. The van der Waals surface area contributed by atoms with Crippen molar-refractivity contribution >= 4 is 11.8 Å². The molecule has 0 aromatic heterocycles. The summed E-state index contributed by atoms with van der Waals surface area (Å²) in [7, 11) is 0. The van der Waals surface area contributed by atoms with E-state index in [0.29, 0.717) is 24.8 Å². The molecule has 0 saturated heterocycles. The van der Waals surface area contributed by atoms with Crippen molar-refractivity contribution in [3.8, 4) is 23.5 Å². The third-order valence-electron chi connectivity index (χ3n) is 3.72. The molecule has 0 saturated carbocycles. The molecular weight excluding hydrogens is 300 g/mol. The van der Waals surface area contributed by atoms with Crippen LogP contribution in [0.5, 0.6) is 0 Å². The molecule has 2 amide bonds. The summed E-state index contributed by atoms with van der Waals surface area (Å²) >= 11 is 0. The molecule has 122 valence electrons. The second-order valence-electron chi connectivity index (χ2n) is 5.47. The molecule has 24 heavy (non-hydrogen) atoms. The van der Waals surface area contributed by atoms with Crippen LogP contribution in [0.4, 0.5) is 0 Å². The van der Waals surface area contributed by atoms with Gasteiger partial charge in [-0.25, -0.2) is 0 Å². The van der Waals surface area contributed by atoms with Gasteiger partial charge in [-0.2, -0.15) is 0 Å². The molecule has 0 radical (unpaired) electrons. The van der Waals surface area contributed by atoms with Gasteiger partial charge in [0.1, 0.15) is 6.04 Å². The topological polar surface area (TPSA) is 72.2 Å². The molecule has 0 spiro atoms. The van der Waals surface area contributed by atoms with Gasteiger partial charge in [0, 0.05) is 12.0 Å². The van der Waals surface area contributed by atoms with Crippen LogP contribution in [0.25, 0.3) is 11.1 Å². The Labute approximate surface area is 142 Å². The molecule has 4 nitrogen and oxygen atoms in total. The van der Waals surface area contributed by atoms with Crippen LogP contribution in [-0.2, 0) is 4.79 Å². The van der Waals surface area contributed by atoms with E-state index >= 15 is 0 Å². The number of hydrogen-bond donors (Lipinski definition) is 2. The largest absolute Gasteiger partial charge is 0.368 e. The Balaban J connectivity index is 2.03. The minimum absolute atomic E-state index is 0.320. The van der Waals surface area contributed by atoms with Crippen molar-refractivity contribution in [1.29, 1.82) is 0 Å². The lowest BCUT2D eigenvalue weighted by Crippen LogP contribution is -2.44. The first-order valence-corrected chi connectivity index (χ1v) is 7.81. The highest BCUT2D eigenvalue weighted by molar-refractivity contribution is 5.97. The third kappa shape index (κ3) is 4.72. The molecule has 0 aliphatic carbocycles. The SMILES string of the molecule is C#CCCC[C@H](NC(=O)c1ccc(-c2ccccc2)cc1)C(N)=O. The van der Waals surface area contributed by atoms with Crippen LogP contribution in [0, 0.1) is 12.3 Å². The van der Waals surface area contributed by atoms with Gasteiger partial charge in [0.05, 0.1) is 0 Å². The van der Waals surface area contributed by atoms with Crippen LogP contribution in [-0.4, -0.2) is 17.9 Å². The van der Waals surface area contributed by atoms with Gasteiger partial charge in [0.2, 0.25) is 5.91 Å². The lowest BCUT2D eigenvalue weighted by Gasteiger charge is -2.15. The molecule has 0 fully saturated rings. The quantitative estimate of drug-likeness (QED) is 0.608. The molecule has 0 aliphatic rings. The van der Waals surface area contributed by atoms with Crippen LogP contribution >= 0.6 is 0 Å². The highest BCUT2D eigenvalue weighted by Crippen LogP contribution is 2.19. The maximum atomic E-state index is 12.3. The molecule has 0 heterocycles. The van der Waals surface area contributed by atoms with Gasteiger partial charge in [0.15, 0.2) is 0 Å². The van der Waals surface area contributed by atoms with Gasteiger partial charge in [0.25, 0.3) is 5.91 Å². The van der Waals surface area contributed by atoms with Crippen LogP contribution in [0.2, 0.25) is 0 Å². The Kier molecular flexibility index (Phi) is 6.16. The molecule has 1 atom stereocenters. The normalized spacial score (nSPS) is 11.3. The van der Waals surface area contributed by atoms with Gasteiger partial charge < -0.3 is 11.1 Å². The number of unbranched alkanes of at least 4 members (excludes halogenated alkanes) is 1. The predicted molar refractivity (Wildman–Crippen MR) is 95.0 cm³/mol. The zero-order chi connectivity index (χ0) is 17.4. The Morgan fingerprint density at radius 3 is 2.25 bits per heavy atom. The van der Waals surface area contributed by atoms with Crippen LogP contribution < -0.4 is 11.1 Å². The van der Waals surface area contributed by atoms with Crippen LogP contribution in [0.1, 0.15) is 29.6 Å². The molecule has 0 bridgehead atoms. The number of nitrogens with one attached hydrogen (secondary N) is 1. The van der Waals surface area contributed by atoms with Crippen LogP contribution in [0.15, 0.2) is 54.6 Å².